The van der Waals surface area contributed by atoms with Crippen molar-refractivity contribution >= 4 is 43.1 Å². The fourth-order valence-electron chi connectivity index (χ4n) is 7.65. The van der Waals surface area contributed by atoms with Gasteiger partial charge >= 0.3 is 6.01 Å². The maximum Gasteiger partial charge on any atom is 0.319 e. The van der Waals surface area contributed by atoms with Crippen molar-refractivity contribution in [2.24, 2.45) is 0 Å². The number of piperazine rings is 1. The van der Waals surface area contributed by atoms with Crippen LogP contribution in [0.5, 0.6) is 6.01 Å². The summed E-state index contributed by atoms with van der Waals surface area (Å²) >= 11 is 0.928. The van der Waals surface area contributed by atoms with Crippen molar-refractivity contribution in [2.45, 2.75) is 44.2 Å². The molecule has 0 amide bonds. The summed E-state index contributed by atoms with van der Waals surface area (Å²) in [5.74, 6) is -0.779. The molecule has 4 aliphatic rings. The van der Waals surface area contributed by atoms with E-state index in [9.17, 15) is 14.0 Å². The molecule has 0 saturated carbocycles. The highest BCUT2D eigenvalue weighted by molar-refractivity contribution is 7.23. The second kappa shape index (κ2) is 12.0. The number of halogens is 3. The van der Waals surface area contributed by atoms with Gasteiger partial charge < -0.3 is 29.7 Å². The van der Waals surface area contributed by atoms with E-state index in [1.165, 1.54) is 0 Å². The van der Waals surface area contributed by atoms with Crippen molar-refractivity contribution in [3.63, 3.8) is 0 Å². The first-order valence-corrected chi connectivity index (χ1v) is 16.6. The van der Waals surface area contributed by atoms with E-state index in [2.05, 4.69) is 30.7 Å². The fraction of sp³-hybridized carbons (Fsp3) is 0.500. The number of likely N-dealkylation sites (tertiary alicyclic amines) is 1. The number of anilines is 2. The Kier molecular flexibility index (Phi) is 7.80. The number of nitriles is 1. The van der Waals surface area contributed by atoms with E-state index in [1.807, 2.05) is 7.05 Å². The fourth-order valence-corrected chi connectivity index (χ4v) is 8.57. The second-order valence-electron chi connectivity index (χ2n) is 12.6. The maximum atomic E-state index is 17.3. The third-order valence-electron chi connectivity index (χ3n) is 9.75. The quantitative estimate of drug-likeness (QED) is 0.308. The Morgan fingerprint density at radius 1 is 1.13 bits per heavy atom. The first-order chi connectivity index (χ1) is 22.9. The normalized spacial score (nSPS) is 23.1. The van der Waals surface area contributed by atoms with Crippen molar-refractivity contribution in [2.75, 3.05) is 70.3 Å². The molecule has 47 heavy (non-hydrogen) atoms. The predicted molar refractivity (Wildman–Crippen MR) is 170 cm³/mol. The van der Waals surface area contributed by atoms with Gasteiger partial charge in [-0.25, -0.2) is 13.2 Å². The van der Waals surface area contributed by atoms with Crippen LogP contribution < -0.4 is 15.4 Å². The van der Waals surface area contributed by atoms with E-state index >= 15 is 4.39 Å². The third-order valence-corrected chi connectivity index (χ3v) is 10.8. The molecule has 4 aliphatic heterocycles. The predicted octanol–water partition coefficient (Wildman–Crippen LogP) is 4.00. The van der Waals surface area contributed by atoms with Crippen LogP contribution in [0.3, 0.4) is 0 Å². The Bertz CT molecular complexity index is 1920. The third kappa shape index (κ3) is 5.05. The molecule has 3 saturated heterocycles. The number of hydrogen-bond donors (Lipinski definition) is 1. The molecule has 2 bridgehead atoms. The smallest absolute Gasteiger partial charge is 0.319 e. The van der Waals surface area contributed by atoms with Gasteiger partial charge in [-0.15, -0.1) is 11.3 Å². The SMILES string of the molecule is CN1CCO[C@@H](COc2nc(N3C4CCC3CN(CCF)C4)c3c4c(c(-c5ncc(F)c6sc(N)c(C#N)c56)c(F)c3n2)COC4)C1. The number of hydrogen-bond acceptors (Lipinski definition) is 12. The molecule has 4 aromatic rings. The summed E-state index contributed by atoms with van der Waals surface area (Å²) in [6.07, 6.45) is 2.60. The number of thiophene rings is 1. The minimum atomic E-state index is -0.691. The number of benzene rings is 1. The summed E-state index contributed by atoms with van der Waals surface area (Å²) in [4.78, 5) is 20.4. The molecular weight excluding hydrogens is 633 g/mol. The lowest BCUT2D eigenvalue weighted by Crippen LogP contribution is -2.54. The number of rotatable bonds is 7. The highest BCUT2D eigenvalue weighted by atomic mass is 32.1. The number of pyridine rings is 1. The van der Waals surface area contributed by atoms with Gasteiger partial charge in [0.15, 0.2) is 11.6 Å². The van der Waals surface area contributed by atoms with Crippen LogP contribution >= 0.6 is 11.3 Å². The average Bonchev–Trinajstić information content (AvgIpc) is 3.75. The molecule has 8 rings (SSSR count). The average molecular weight is 667 g/mol. The molecule has 2 N–H and O–H groups in total. The molecule has 3 fully saturated rings. The lowest BCUT2D eigenvalue weighted by Gasteiger charge is -2.42. The van der Waals surface area contributed by atoms with Crippen LogP contribution in [0.1, 0.15) is 29.5 Å². The van der Waals surface area contributed by atoms with Crippen molar-refractivity contribution in [1.82, 2.24) is 24.8 Å². The van der Waals surface area contributed by atoms with Gasteiger partial charge in [0.2, 0.25) is 0 Å². The first kappa shape index (κ1) is 30.5. The Balaban J connectivity index is 1.33. The van der Waals surface area contributed by atoms with E-state index in [4.69, 9.17) is 24.9 Å². The summed E-state index contributed by atoms with van der Waals surface area (Å²) < 4.78 is 63.7. The molecule has 0 radical (unpaired) electrons. The molecule has 3 aromatic heterocycles. The molecule has 2 unspecified atom stereocenters. The van der Waals surface area contributed by atoms with Crippen molar-refractivity contribution in [3.8, 4) is 23.3 Å². The van der Waals surface area contributed by atoms with Crippen LogP contribution in [0.4, 0.5) is 24.0 Å². The van der Waals surface area contributed by atoms with Gasteiger partial charge in [-0.2, -0.15) is 15.2 Å². The summed E-state index contributed by atoms with van der Waals surface area (Å²) in [5.41, 5.74) is 7.64. The Morgan fingerprint density at radius 3 is 2.66 bits per heavy atom. The number of ether oxygens (including phenoxy) is 3. The highest BCUT2D eigenvalue weighted by Crippen LogP contribution is 2.48. The number of likely N-dealkylation sites (N-methyl/N-ethyl adjacent to an activating group) is 1. The maximum absolute atomic E-state index is 17.3. The zero-order valence-corrected chi connectivity index (χ0v) is 26.6. The largest absolute Gasteiger partial charge is 0.461 e. The summed E-state index contributed by atoms with van der Waals surface area (Å²) in [5, 5.41) is 10.8. The number of fused-ring (bicyclic) bond motifs is 6. The Labute approximate surface area is 272 Å². The molecule has 0 aliphatic carbocycles. The monoisotopic (exact) mass is 666 g/mol. The summed E-state index contributed by atoms with van der Waals surface area (Å²) in [6.45, 7) is 3.77. The summed E-state index contributed by atoms with van der Waals surface area (Å²) in [7, 11) is 2.01. The number of nitrogen functional groups attached to an aromatic ring is 1. The van der Waals surface area contributed by atoms with E-state index in [0.717, 1.165) is 36.9 Å². The topological polar surface area (TPSA) is 126 Å². The molecule has 11 nitrogen and oxygen atoms in total. The molecular formula is C32H33F3N8O3S. The van der Waals surface area contributed by atoms with E-state index in [-0.39, 0.29) is 81.4 Å². The highest BCUT2D eigenvalue weighted by Gasteiger charge is 2.43. The van der Waals surface area contributed by atoms with Gasteiger partial charge in [-0.3, -0.25) is 9.88 Å². The van der Waals surface area contributed by atoms with E-state index < -0.39 is 18.3 Å². The van der Waals surface area contributed by atoms with Gasteiger partial charge in [0.1, 0.15) is 41.8 Å². The molecule has 0 spiro atoms. The first-order valence-electron chi connectivity index (χ1n) is 15.8. The van der Waals surface area contributed by atoms with Gasteiger partial charge in [0.05, 0.1) is 47.4 Å². The summed E-state index contributed by atoms with van der Waals surface area (Å²) in [6, 6.07) is 2.16. The lowest BCUT2D eigenvalue weighted by molar-refractivity contribution is -0.0416. The second-order valence-corrected chi connectivity index (χ2v) is 13.7. The van der Waals surface area contributed by atoms with Crippen LogP contribution in [0.2, 0.25) is 0 Å². The number of aromatic nitrogens is 3. The number of nitrogens with zero attached hydrogens (tertiary/aromatic N) is 7. The Morgan fingerprint density at radius 2 is 1.91 bits per heavy atom. The van der Waals surface area contributed by atoms with Gasteiger partial charge in [0.25, 0.3) is 0 Å². The van der Waals surface area contributed by atoms with E-state index in [1.54, 1.807) is 0 Å². The molecule has 3 atom stereocenters. The van der Waals surface area contributed by atoms with Crippen LogP contribution in [0.15, 0.2) is 6.20 Å². The van der Waals surface area contributed by atoms with Crippen molar-refractivity contribution in [3.05, 3.63) is 34.5 Å². The number of nitrogens with two attached hydrogens (primary N) is 1. The minimum absolute atomic E-state index is 0.00772. The van der Waals surface area contributed by atoms with Crippen LogP contribution in [-0.2, 0) is 22.7 Å². The van der Waals surface area contributed by atoms with Crippen LogP contribution in [0.25, 0.3) is 32.2 Å². The Hall–Kier alpha value is -3.81. The van der Waals surface area contributed by atoms with Crippen molar-refractivity contribution in [1.29, 1.82) is 5.26 Å². The zero-order valence-electron chi connectivity index (χ0n) is 25.8. The lowest BCUT2D eigenvalue weighted by atomic mass is 9.93. The van der Waals surface area contributed by atoms with Gasteiger partial charge in [0, 0.05) is 55.8 Å². The minimum Gasteiger partial charge on any atom is -0.461 e. The molecule has 246 valence electrons. The van der Waals surface area contributed by atoms with Crippen LogP contribution in [-0.4, -0.2) is 103 Å². The van der Waals surface area contributed by atoms with E-state index in [0.29, 0.717) is 55.1 Å². The molecule has 7 heterocycles. The zero-order chi connectivity index (χ0) is 32.4. The molecule has 15 heteroatoms. The van der Waals surface area contributed by atoms with Crippen molar-refractivity contribution < 1.29 is 27.4 Å². The number of alkyl halides is 1. The number of morpholine rings is 1. The molecule has 1 aromatic carbocycles. The van der Waals surface area contributed by atoms with Gasteiger partial charge in [-0.05, 0) is 31.0 Å². The standard InChI is InChI=1S/C32H33F3N8O3S/c1-41-6-7-45-18(12-41)13-46-32-39-28-25(31(40-32)43-16-2-3-17(43)11-42(10-16)5-4-33)21-15-44-14-20(21)23(26(28)35)27-24-19(8-36)30(37)47-29(24)22(34)9-38-27/h9,16-18H,2-7,10-15,37H2,1H3/t16?,17?,18-/m1/s1. The van der Waals surface area contributed by atoms with Gasteiger partial charge in [-0.1, -0.05) is 0 Å². The van der Waals surface area contributed by atoms with Crippen LogP contribution in [0, 0.1) is 23.0 Å².